The summed E-state index contributed by atoms with van der Waals surface area (Å²) in [7, 11) is 1.58. The molecular formula is C10H12O3S. The molecule has 1 aromatic carbocycles. The van der Waals surface area contributed by atoms with Gasteiger partial charge in [0, 0.05) is 0 Å². The lowest BCUT2D eigenvalue weighted by Crippen LogP contribution is -2.16. The van der Waals surface area contributed by atoms with Crippen LogP contribution in [0.1, 0.15) is 5.56 Å². The van der Waals surface area contributed by atoms with Crippen molar-refractivity contribution in [3.63, 3.8) is 0 Å². The Morgan fingerprint density at radius 1 is 1.64 bits per heavy atom. The fourth-order valence-electron chi connectivity index (χ4n) is 1.11. The molecule has 1 N–H and O–H groups in total. The van der Waals surface area contributed by atoms with E-state index in [9.17, 15) is 4.79 Å². The topological polar surface area (TPSA) is 46.5 Å². The van der Waals surface area contributed by atoms with Crippen LogP contribution < -0.4 is 4.74 Å². The Hall–Kier alpha value is -1.16. The van der Waals surface area contributed by atoms with E-state index in [0.29, 0.717) is 6.42 Å². The molecule has 1 atom stereocenters. The maximum Gasteiger partial charge on any atom is 0.316 e. The molecule has 0 aliphatic rings. The zero-order valence-corrected chi connectivity index (χ0v) is 8.70. The second kappa shape index (κ2) is 4.91. The molecular weight excluding hydrogens is 200 g/mol. The Balaban J connectivity index is 2.71. The van der Waals surface area contributed by atoms with Crippen LogP contribution in [0, 0.1) is 0 Å². The van der Waals surface area contributed by atoms with Gasteiger partial charge in [0.15, 0.2) is 0 Å². The van der Waals surface area contributed by atoms with Crippen LogP contribution in [0.2, 0.25) is 0 Å². The average molecular weight is 212 g/mol. The maximum atomic E-state index is 10.6. The van der Waals surface area contributed by atoms with Gasteiger partial charge in [-0.1, -0.05) is 12.1 Å². The minimum absolute atomic E-state index is 0.398. The fourth-order valence-corrected chi connectivity index (χ4v) is 1.32. The van der Waals surface area contributed by atoms with Gasteiger partial charge in [0.25, 0.3) is 0 Å². The quantitative estimate of drug-likeness (QED) is 0.745. The van der Waals surface area contributed by atoms with Gasteiger partial charge < -0.3 is 9.84 Å². The first kappa shape index (κ1) is 10.9. The molecule has 0 spiro atoms. The van der Waals surface area contributed by atoms with Crippen molar-refractivity contribution in [1.29, 1.82) is 0 Å². The molecule has 0 amide bonds. The van der Waals surface area contributed by atoms with Crippen molar-refractivity contribution >= 4 is 18.6 Å². The summed E-state index contributed by atoms with van der Waals surface area (Å²) in [5, 5.41) is 8.00. The first-order chi connectivity index (χ1) is 6.63. The molecule has 1 unspecified atom stereocenters. The molecule has 3 nitrogen and oxygen atoms in total. The highest BCUT2D eigenvalue weighted by molar-refractivity contribution is 7.81. The van der Waals surface area contributed by atoms with Crippen LogP contribution in [-0.4, -0.2) is 23.4 Å². The van der Waals surface area contributed by atoms with Gasteiger partial charge in [-0.3, -0.25) is 4.79 Å². The molecule has 0 radical (unpaired) electrons. The van der Waals surface area contributed by atoms with Crippen LogP contribution in [0.3, 0.4) is 0 Å². The van der Waals surface area contributed by atoms with E-state index in [1.165, 1.54) is 0 Å². The maximum absolute atomic E-state index is 10.6. The summed E-state index contributed by atoms with van der Waals surface area (Å²) < 4.78 is 5.02. The van der Waals surface area contributed by atoms with E-state index in [2.05, 4.69) is 12.6 Å². The fraction of sp³-hybridized carbons (Fsp3) is 0.300. The number of rotatable bonds is 4. The third-order valence-corrected chi connectivity index (χ3v) is 2.25. The standard InChI is InChI=1S/C10H12O3S/c1-13-8-4-2-3-7(5-8)6-9(14)10(11)12/h2-5,9,14H,6H2,1H3,(H,11,12). The summed E-state index contributed by atoms with van der Waals surface area (Å²) in [6.45, 7) is 0. The molecule has 1 rings (SSSR count). The molecule has 0 bridgehead atoms. The van der Waals surface area contributed by atoms with Crippen molar-refractivity contribution in [2.24, 2.45) is 0 Å². The monoisotopic (exact) mass is 212 g/mol. The van der Waals surface area contributed by atoms with Gasteiger partial charge in [-0.2, -0.15) is 12.6 Å². The normalized spacial score (nSPS) is 12.1. The summed E-state index contributed by atoms with van der Waals surface area (Å²) in [6, 6.07) is 7.31. The number of methoxy groups -OCH3 is 1. The number of ether oxygens (including phenoxy) is 1. The number of hydrogen-bond acceptors (Lipinski definition) is 3. The predicted molar refractivity (Wildman–Crippen MR) is 57.1 cm³/mol. The molecule has 1 aromatic rings. The summed E-state index contributed by atoms with van der Waals surface area (Å²) in [4.78, 5) is 10.6. The van der Waals surface area contributed by atoms with Crippen molar-refractivity contribution in [3.05, 3.63) is 29.8 Å². The summed E-state index contributed by atoms with van der Waals surface area (Å²) >= 11 is 3.96. The predicted octanol–water partition coefficient (Wildman–Crippen LogP) is 1.62. The molecule has 0 heterocycles. The minimum atomic E-state index is -0.906. The second-order valence-electron chi connectivity index (χ2n) is 2.91. The van der Waals surface area contributed by atoms with Crippen molar-refractivity contribution in [3.8, 4) is 5.75 Å². The van der Waals surface area contributed by atoms with E-state index in [1.807, 2.05) is 24.3 Å². The zero-order chi connectivity index (χ0) is 10.6. The van der Waals surface area contributed by atoms with E-state index >= 15 is 0 Å². The third-order valence-electron chi connectivity index (χ3n) is 1.85. The summed E-state index contributed by atoms with van der Waals surface area (Å²) in [5.74, 6) is -0.176. The third kappa shape index (κ3) is 2.96. The van der Waals surface area contributed by atoms with Gasteiger partial charge in [-0.15, -0.1) is 0 Å². The molecule has 4 heteroatoms. The average Bonchev–Trinajstić information content (AvgIpc) is 2.18. The SMILES string of the molecule is COc1cccc(CC(S)C(=O)O)c1. The zero-order valence-electron chi connectivity index (χ0n) is 7.80. The lowest BCUT2D eigenvalue weighted by Gasteiger charge is -2.06. The molecule has 0 saturated heterocycles. The lowest BCUT2D eigenvalue weighted by atomic mass is 10.1. The van der Waals surface area contributed by atoms with Crippen molar-refractivity contribution in [1.82, 2.24) is 0 Å². The van der Waals surface area contributed by atoms with E-state index in [-0.39, 0.29) is 0 Å². The van der Waals surface area contributed by atoms with E-state index in [0.717, 1.165) is 11.3 Å². The van der Waals surface area contributed by atoms with Crippen molar-refractivity contribution < 1.29 is 14.6 Å². The summed E-state index contributed by atoms with van der Waals surface area (Å²) in [5.41, 5.74) is 0.909. The molecule has 0 aromatic heterocycles. The largest absolute Gasteiger partial charge is 0.497 e. The number of aliphatic carboxylic acids is 1. The van der Waals surface area contributed by atoms with Gasteiger partial charge in [0.05, 0.1) is 7.11 Å². The molecule has 0 saturated carbocycles. The number of hydrogen-bond donors (Lipinski definition) is 2. The van der Waals surface area contributed by atoms with Gasteiger partial charge in [0.2, 0.25) is 0 Å². The second-order valence-corrected chi connectivity index (χ2v) is 3.53. The van der Waals surface area contributed by atoms with E-state index in [1.54, 1.807) is 7.11 Å². The minimum Gasteiger partial charge on any atom is -0.497 e. The van der Waals surface area contributed by atoms with Gasteiger partial charge in [0.1, 0.15) is 11.0 Å². The highest BCUT2D eigenvalue weighted by Gasteiger charge is 2.12. The Labute approximate surface area is 88.1 Å². The Morgan fingerprint density at radius 3 is 2.93 bits per heavy atom. The van der Waals surface area contributed by atoms with E-state index < -0.39 is 11.2 Å². The highest BCUT2D eigenvalue weighted by atomic mass is 32.1. The number of carboxylic acid groups (broad SMARTS) is 1. The van der Waals surface area contributed by atoms with Crippen LogP contribution >= 0.6 is 12.6 Å². The van der Waals surface area contributed by atoms with Crippen LogP contribution in [0.5, 0.6) is 5.75 Å². The number of benzene rings is 1. The Kier molecular flexibility index (Phi) is 3.83. The van der Waals surface area contributed by atoms with Crippen LogP contribution in [0.25, 0.3) is 0 Å². The lowest BCUT2D eigenvalue weighted by molar-refractivity contribution is -0.136. The van der Waals surface area contributed by atoms with E-state index in [4.69, 9.17) is 9.84 Å². The first-order valence-corrected chi connectivity index (χ1v) is 4.69. The van der Waals surface area contributed by atoms with Crippen LogP contribution in [-0.2, 0) is 11.2 Å². The smallest absolute Gasteiger partial charge is 0.316 e. The first-order valence-electron chi connectivity index (χ1n) is 4.17. The molecule has 76 valence electrons. The molecule has 0 aliphatic carbocycles. The Bertz CT molecular complexity index is 325. The van der Waals surface area contributed by atoms with Gasteiger partial charge >= 0.3 is 5.97 Å². The number of carboxylic acids is 1. The van der Waals surface area contributed by atoms with Crippen molar-refractivity contribution in [2.75, 3.05) is 7.11 Å². The number of carbonyl (C=O) groups is 1. The molecule has 0 aliphatic heterocycles. The van der Waals surface area contributed by atoms with Crippen molar-refractivity contribution in [2.45, 2.75) is 11.7 Å². The molecule has 14 heavy (non-hydrogen) atoms. The number of thiol groups is 1. The molecule has 0 fully saturated rings. The van der Waals surface area contributed by atoms with Crippen LogP contribution in [0.15, 0.2) is 24.3 Å². The van der Waals surface area contributed by atoms with Gasteiger partial charge in [-0.05, 0) is 24.1 Å². The summed E-state index contributed by atoms with van der Waals surface area (Å²) in [6.07, 6.45) is 0.398. The van der Waals surface area contributed by atoms with Gasteiger partial charge in [-0.25, -0.2) is 0 Å². The van der Waals surface area contributed by atoms with Crippen LogP contribution in [0.4, 0.5) is 0 Å². The highest BCUT2D eigenvalue weighted by Crippen LogP contribution is 2.15. The Morgan fingerprint density at radius 2 is 2.36 bits per heavy atom.